The lowest BCUT2D eigenvalue weighted by molar-refractivity contribution is -0.112. The van der Waals surface area contributed by atoms with Gasteiger partial charge in [0.05, 0.1) is 11.3 Å². The molecule has 1 heterocycles. The van der Waals surface area contributed by atoms with Gasteiger partial charge in [-0.25, -0.2) is 9.97 Å². The number of benzene rings is 2. The number of nitrogens with zero attached hydrogens (tertiary/aromatic N) is 3. The Morgan fingerprint density at radius 3 is 2.56 bits per heavy atom. The molecule has 0 amide bonds. The molecule has 1 aromatic heterocycles. The van der Waals surface area contributed by atoms with Crippen molar-refractivity contribution in [3.63, 3.8) is 0 Å². The zero-order valence-electron chi connectivity index (χ0n) is 14.6. The van der Waals surface area contributed by atoms with E-state index in [4.69, 9.17) is 11.0 Å². The van der Waals surface area contributed by atoms with Gasteiger partial charge in [0.25, 0.3) is 0 Å². The van der Waals surface area contributed by atoms with Crippen LogP contribution < -0.4 is 11.1 Å². The normalized spacial score (nSPS) is 11.6. The molecule has 27 heavy (non-hydrogen) atoms. The van der Waals surface area contributed by atoms with Crippen molar-refractivity contribution in [3.05, 3.63) is 65.9 Å². The van der Waals surface area contributed by atoms with Crippen molar-refractivity contribution in [2.24, 2.45) is 5.73 Å². The van der Waals surface area contributed by atoms with E-state index < -0.39 is 0 Å². The molecule has 0 saturated heterocycles. The number of rotatable bonds is 6. The highest BCUT2D eigenvalue weighted by Crippen LogP contribution is 2.27. The fraction of sp³-hybridized carbons (Fsp3) is 0.100. The summed E-state index contributed by atoms with van der Waals surface area (Å²) < 4.78 is 0. The molecule has 6 nitrogen and oxygen atoms in total. The average Bonchev–Trinajstić information content (AvgIpc) is 2.67. The highest BCUT2D eigenvalue weighted by Gasteiger charge is 2.14. The van der Waals surface area contributed by atoms with E-state index in [1.165, 1.54) is 18.7 Å². The Balaban J connectivity index is 1.89. The van der Waals surface area contributed by atoms with E-state index in [1.54, 1.807) is 0 Å². The maximum atomic E-state index is 12.2. The summed E-state index contributed by atoms with van der Waals surface area (Å²) in [6.45, 7) is 1.54. The van der Waals surface area contributed by atoms with Crippen LogP contribution >= 0.6 is 11.8 Å². The lowest BCUT2D eigenvalue weighted by Gasteiger charge is -2.10. The molecule has 3 aromatic rings. The van der Waals surface area contributed by atoms with Crippen molar-refractivity contribution >= 4 is 40.0 Å². The summed E-state index contributed by atoms with van der Waals surface area (Å²) in [5.41, 5.74) is 7.46. The molecule has 0 atom stereocenters. The molecule has 0 aliphatic carbocycles. The summed E-state index contributed by atoms with van der Waals surface area (Å²) in [4.78, 5) is 21.2. The van der Waals surface area contributed by atoms with E-state index in [0.717, 1.165) is 16.6 Å². The Morgan fingerprint density at radius 1 is 1.15 bits per heavy atom. The van der Waals surface area contributed by atoms with Crippen molar-refractivity contribution in [1.82, 2.24) is 9.97 Å². The fourth-order valence-electron chi connectivity index (χ4n) is 2.45. The number of anilines is 2. The Hall–Kier alpha value is -3.37. The summed E-state index contributed by atoms with van der Waals surface area (Å²) in [5.74, 6) is 0.366. The first-order valence-corrected chi connectivity index (χ1v) is 9.18. The molecule has 3 rings (SSSR count). The molecule has 0 spiro atoms. The standard InChI is InChI=1S/C20H17N5OS/c1-13(22)16(11-21)18(26)12-27-20-24-17-10-6-5-9-15(17)19(25-20)23-14-7-3-2-4-8-14/h2-10H,12,22H2,1H3,(H,23,24,25)/b16-13+. The van der Waals surface area contributed by atoms with Gasteiger partial charge in [0, 0.05) is 16.8 Å². The Morgan fingerprint density at radius 2 is 1.85 bits per heavy atom. The Labute approximate surface area is 161 Å². The number of nitriles is 1. The van der Waals surface area contributed by atoms with Gasteiger partial charge in [-0.1, -0.05) is 42.1 Å². The van der Waals surface area contributed by atoms with Gasteiger partial charge in [-0.2, -0.15) is 5.26 Å². The van der Waals surface area contributed by atoms with E-state index in [1.807, 2.05) is 60.7 Å². The number of thioether (sulfide) groups is 1. The number of para-hydroxylation sites is 2. The number of hydrogen-bond donors (Lipinski definition) is 2. The zero-order chi connectivity index (χ0) is 19.2. The minimum absolute atomic E-state index is 0.0223. The van der Waals surface area contributed by atoms with Crippen molar-refractivity contribution in [3.8, 4) is 6.07 Å². The van der Waals surface area contributed by atoms with Crippen LogP contribution in [0.1, 0.15) is 6.92 Å². The molecule has 0 saturated carbocycles. The van der Waals surface area contributed by atoms with Crippen LogP contribution in [0.4, 0.5) is 11.5 Å². The van der Waals surface area contributed by atoms with Crippen molar-refractivity contribution < 1.29 is 4.79 Å². The number of fused-ring (bicyclic) bond motifs is 1. The van der Waals surface area contributed by atoms with Crippen LogP contribution in [0.3, 0.4) is 0 Å². The fourth-order valence-corrected chi connectivity index (χ4v) is 3.17. The number of hydrogen-bond acceptors (Lipinski definition) is 7. The van der Waals surface area contributed by atoms with Crippen LogP contribution in [-0.4, -0.2) is 21.5 Å². The second-order valence-electron chi connectivity index (χ2n) is 5.74. The van der Waals surface area contributed by atoms with E-state index in [0.29, 0.717) is 11.0 Å². The Bertz CT molecular complexity index is 1050. The van der Waals surface area contributed by atoms with Crippen LogP contribution in [0.25, 0.3) is 10.9 Å². The molecular weight excluding hydrogens is 358 g/mol. The third-order valence-electron chi connectivity index (χ3n) is 3.74. The highest BCUT2D eigenvalue weighted by molar-refractivity contribution is 7.99. The summed E-state index contributed by atoms with van der Waals surface area (Å²) in [6.07, 6.45) is 0. The minimum atomic E-state index is -0.336. The number of ketones is 1. The van der Waals surface area contributed by atoms with Gasteiger partial charge in [0.2, 0.25) is 0 Å². The van der Waals surface area contributed by atoms with E-state index in [-0.39, 0.29) is 22.8 Å². The van der Waals surface area contributed by atoms with Gasteiger partial charge in [0.1, 0.15) is 17.5 Å². The number of carbonyl (C=O) groups is 1. The van der Waals surface area contributed by atoms with Gasteiger partial charge < -0.3 is 11.1 Å². The summed E-state index contributed by atoms with van der Waals surface area (Å²) >= 11 is 1.18. The third-order valence-corrected chi connectivity index (χ3v) is 4.58. The molecule has 0 aliphatic rings. The zero-order valence-corrected chi connectivity index (χ0v) is 15.5. The number of carbonyl (C=O) groups excluding carboxylic acids is 1. The van der Waals surface area contributed by atoms with Crippen LogP contribution in [0.15, 0.2) is 71.0 Å². The van der Waals surface area contributed by atoms with Gasteiger partial charge in [-0.3, -0.25) is 4.79 Å². The lowest BCUT2D eigenvalue weighted by atomic mass is 10.2. The van der Waals surface area contributed by atoms with Gasteiger partial charge in [-0.05, 0) is 31.2 Å². The first-order chi connectivity index (χ1) is 13.1. The second kappa shape index (κ2) is 8.34. The monoisotopic (exact) mass is 375 g/mol. The first-order valence-electron chi connectivity index (χ1n) is 8.20. The SMILES string of the molecule is C/C(N)=C(/C#N)C(=O)CSc1nc(Nc2ccccc2)c2ccccc2n1. The van der Waals surface area contributed by atoms with E-state index in [2.05, 4.69) is 15.3 Å². The van der Waals surface area contributed by atoms with E-state index in [9.17, 15) is 4.79 Å². The summed E-state index contributed by atoms with van der Waals surface area (Å²) in [6, 6.07) is 19.2. The smallest absolute Gasteiger partial charge is 0.190 e. The van der Waals surface area contributed by atoms with Crippen LogP contribution in [0, 0.1) is 11.3 Å². The maximum absolute atomic E-state index is 12.2. The summed E-state index contributed by atoms with van der Waals surface area (Å²) in [7, 11) is 0. The van der Waals surface area contributed by atoms with Crippen LogP contribution in [0.5, 0.6) is 0 Å². The molecule has 0 radical (unpaired) electrons. The highest BCUT2D eigenvalue weighted by atomic mass is 32.2. The average molecular weight is 375 g/mol. The topological polar surface area (TPSA) is 105 Å². The quantitative estimate of drug-likeness (QED) is 0.292. The predicted molar refractivity (Wildman–Crippen MR) is 107 cm³/mol. The first kappa shape index (κ1) is 18.4. The van der Waals surface area contributed by atoms with Crippen molar-refractivity contribution in [1.29, 1.82) is 5.26 Å². The van der Waals surface area contributed by atoms with Crippen LogP contribution in [0.2, 0.25) is 0 Å². The molecule has 3 N–H and O–H groups in total. The number of nitrogens with one attached hydrogen (secondary N) is 1. The molecule has 2 aromatic carbocycles. The van der Waals surface area contributed by atoms with Crippen molar-refractivity contribution in [2.75, 3.05) is 11.1 Å². The summed E-state index contributed by atoms with van der Waals surface area (Å²) in [5, 5.41) is 13.7. The minimum Gasteiger partial charge on any atom is -0.401 e. The van der Waals surface area contributed by atoms with Crippen molar-refractivity contribution in [2.45, 2.75) is 12.1 Å². The molecule has 0 aliphatic heterocycles. The predicted octanol–water partition coefficient (Wildman–Crippen LogP) is 3.79. The lowest BCUT2D eigenvalue weighted by Crippen LogP contribution is -2.10. The van der Waals surface area contributed by atoms with Gasteiger partial charge in [-0.15, -0.1) is 0 Å². The molecule has 0 bridgehead atoms. The van der Waals surface area contributed by atoms with Gasteiger partial charge >= 0.3 is 0 Å². The second-order valence-corrected chi connectivity index (χ2v) is 6.69. The third kappa shape index (κ3) is 4.43. The largest absolute Gasteiger partial charge is 0.401 e. The maximum Gasteiger partial charge on any atom is 0.190 e. The molecular formula is C20H17N5OS. The molecule has 134 valence electrons. The van der Waals surface area contributed by atoms with Crippen LogP contribution in [-0.2, 0) is 4.79 Å². The number of allylic oxidation sites excluding steroid dienone is 2. The Kier molecular flexibility index (Phi) is 5.69. The number of Topliss-reactive ketones (excluding diaryl/α,β-unsaturated/α-hetero) is 1. The number of nitrogens with two attached hydrogens (primary N) is 1. The molecule has 7 heteroatoms. The van der Waals surface area contributed by atoms with E-state index >= 15 is 0 Å². The number of aromatic nitrogens is 2. The molecule has 0 fully saturated rings. The van der Waals surface area contributed by atoms with Gasteiger partial charge in [0.15, 0.2) is 10.9 Å². The molecule has 0 unspecified atom stereocenters.